The zero-order chi connectivity index (χ0) is 20.7. The van der Waals surface area contributed by atoms with Crippen molar-refractivity contribution in [3.05, 3.63) is 54.1 Å². The Hall–Kier alpha value is -1.97. The predicted molar refractivity (Wildman–Crippen MR) is 112 cm³/mol. The van der Waals surface area contributed by atoms with Crippen LogP contribution in [0, 0.1) is 5.92 Å². The van der Waals surface area contributed by atoms with Gasteiger partial charge in [-0.2, -0.15) is 0 Å². The minimum atomic E-state index is -4.66. The Kier molecular flexibility index (Phi) is 7.63. The minimum Gasteiger partial charge on any atom is -0.406 e. The van der Waals surface area contributed by atoms with Crippen molar-refractivity contribution in [3.8, 4) is 16.9 Å². The molecule has 2 aromatic rings. The van der Waals surface area contributed by atoms with E-state index in [0.717, 1.165) is 17.0 Å². The summed E-state index contributed by atoms with van der Waals surface area (Å²) in [5.41, 5.74) is 3.29. The first-order valence-corrected chi connectivity index (χ1v) is 10.9. The Labute approximate surface area is 172 Å². The summed E-state index contributed by atoms with van der Waals surface area (Å²) in [5, 5.41) is 0. The van der Waals surface area contributed by atoms with E-state index in [4.69, 9.17) is 0 Å². The van der Waals surface area contributed by atoms with E-state index in [2.05, 4.69) is 35.9 Å². The Morgan fingerprint density at radius 3 is 1.93 bits per heavy atom. The van der Waals surface area contributed by atoms with E-state index >= 15 is 0 Å². The molecule has 0 N–H and O–H groups in total. The maximum Gasteiger partial charge on any atom is 0.573 e. The average molecular weight is 405 g/mol. The fourth-order valence-electron chi connectivity index (χ4n) is 4.44. The van der Waals surface area contributed by atoms with Crippen LogP contribution in [0.2, 0.25) is 0 Å². The van der Waals surface area contributed by atoms with E-state index < -0.39 is 6.36 Å². The quantitative estimate of drug-likeness (QED) is 0.401. The van der Waals surface area contributed by atoms with Crippen LogP contribution in [-0.4, -0.2) is 6.36 Å². The van der Waals surface area contributed by atoms with Gasteiger partial charge in [-0.15, -0.1) is 13.2 Å². The number of hydrogen-bond donors (Lipinski definition) is 0. The molecule has 0 aromatic heterocycles. The third kappa shape index (κ3) is 6.80. The van der Waals surface area contributed by atoms with Crippen LogP contribution in [0.1, 0.15) is 76.2 Å². The van der Waals surface area contributed by atoms with E-state index in [1.165, 1.54) is 75.5 Å². The lowest BCUT2D eigenvalue weighted by Crippen LogP contribution is -2.16. The monoisotopic (exact) mass is 404 g/mol. The number of benzene rings is 2. The molecule has 2 aromatic carbocycles. The summed E-state index contributed by atoms with van der Waals surface area (Å²) in [5.74, 6) is 1.35. The van der Waals surface area contributed by atoms with E-state index in [1.54, 1.807) is 12.1 Å². The summed E-state index contributed by atoms with van der Waals surface area (Å²) in [4.78, 5) is 0. The first-order valence-electron chi connectivity index (χ1n) is 10.9. The molecular formula is C25H31F3O. The fourth-order valence-corrected chi connectivity index (χ4v) is 4.44. The van der Waals surface area contributed by atoms with Gasteiger partial charge in [-0.05, 0) is 66.3 Å². The molecule has 0 unspecified atom stereocenters. The molecule has 29 heavy (non-hydrogen) atoms. The molecule has 0 atom stereocenters. The second-order valence-electron chi connectivity index (χ2n) is 8.26. The van der Waals surface area contributed by atoms with Gasteiger partial charge >= 0.3 is 6.36 Å². The number of alkyl halides is 3. The van der Waals surface area contributed by atoms with Gasteiger partial charge in [-0.25, -0.2) is 0 Å². The van der Waals surface area contributed by atoms with Gasteiger partial charge in [0.2, 0.25) is 0 Å². The van der Waals surface area contributed by atoms with Gasteiger partial charge in [0, 0.05) is 0 Å². The maximum absolute atomic E-state index is 12.3. The van der Waals surface area contributed by atoms with Gasteiger partial charge < -0.3 is 4.74 Å². The van der Waals surface area contributed by atoms with E-state index in [1.807, 2.05) is 0 Å². The Balaban J connectivity index is 1.52. The summed E-state index contributed by atoms with van der Waals surface area (Å²) in [6.45, 7) is 2.26. The SMILES string of the molecule is CCCCCC[C@H]1CC[C@H](c2ccc(-c3ccc(OC(F)(F)F)cc3)cc2)CC1. The average Bonchev–Trinajstić information content (AvgIpc) is 2.71. The summed E-state index contributed by atoms with van der Waals surface area (Å²) in [6.07, 6.45) is 7.35. The van der Waals surface area contributed by atoms with Crippen molar-refractivity contribution in [1.82, 2.24) is 0 Å². The number of rotatable bonds is 8. The van der Waals surface area contributed by atoms with Crippen LogP contribution < -0.4 is 4.74 Å². The summed E-state index contributed by atoms with van der Waals surface area (Å²) >= 11 is 0. The largest absolute Gasteiger partial charge is 0.573 e. The zero-order valence-electron chi connectivity index (χ0n) is 17.2. The van der Waals surface area contributed by atoms with Gasteiger partial charge in [0.05, 0.1) is 0 Å². The third-order valence-electron chi connectivity index (χ3n) is 6.12. The van der Waals surface area contributed by atoms with Crippen molar-refractivity contribution in [2.75, 3.05) is 0 Å². The van der Waals surface area contributed by atoms with Crippen LogP contribution in [0.15, 0.2) is 48.5 Å². The number of hydrogen-bond acceptors (Lipinski definition) is 1. The van der Waals surface area contributed by atoms with Crippen LogP contribution in [0.4, 0.5) is 13.2 Å². The molecule has 0 saturated heterocycles. The highest BCUT2D eigenvalue weighted by Crippen LogP contribution is 2.38. The molecular weight excluding hydrogens is 373 g/mol. The molecule has 0 radical (unpaired) electrons. The van der Waals surface area contributed by atoms with E-state index in [-0.39, 0.29) is 5.75 Å². The first kappa shape index (κ1) is 21.7. The second-order valence-corrected chi connectivity index (χ2v) is 8.26. The van der Waals surface area contributed by atoms with Gasteiger partial charge in [0.25, 0.3) is 0 Å². The van der Waals surface area contributed by atoms with Crippen LogP contribution in [0.5, 0.6) is 5.75 Å². The van der Waals surface area contributed by atoms with Gasteiger partial charge in [-0.1, -0.05) is 75.4 Å². The highest BCUT2D eigenvalue weighted by atomic mass is 19.4. The van der Waals surface area contributed by atoms with Crippen molar-refractivity contribution in [1.29, 1.82) is 0 Å². The topological polar surface area (TPSA) is 9.23 Å². The number of ether oxygens (including phenoxy) is 1. The van der Waals surface area contributed by atoms with E-state index in [9.17, 15) is 13.2 Å². The van der Waals surface area contributed by atoms with Crippen molar-refractivity contribution >= 4 is 0 Å². The van der Waals surface area contributed by atoms with Crippen molar-refractivity contribution < 1.29 is 17.9 Å². The molecule has 1 aliphatic carbocycles. The molecule has 0 amide bonds. The lowest BCUT2D eigenvalue weighted by molar-refractivity contribution is -0.274. The maximum atomic E-state index is 12.3. The first-order chi connectivity index (χ1) is 13.9. The van der Waals surface area contributed by atoms with E-state index in [0.29, 0.717) is 5.92 Å². The molecule has 1 aliphatic rings. The minimum absolute atomic E-state index is 0.190. The van der Waals surface area contributed by atoms with Gasteiger partial charge in [-0.3, -0.25) is 0 Å². The molecule has 0 heterocycles. The molecule has 1 saturated carbocycles. The van der Waals surface area contributed by atoms with Crippen LogP contribution in [0.3, 0.4) is 0 Å². The van der Waals surface area contributed by atoms with Crippen molar-refractivity contribution in [2.24, 2.45) is 5.92 Å². The summed E-state index contributed by atoms with van der Waals surface area (Å²) < 4.78 is 40.8. The lowest BCUT2D eigenvalue weighted by atomic mass is 9.77. The molecule has 4 heteroatoms. The zero-order valence-corrected chi connectivity index (χ0v) is 17.2. The molecule has 0 bridgehead atoms. The molecule has 158 valence electrons. The summed E-state index contributed by atoms with van der Waals surface area (Å²) in [6, 6.07) is 14.6. The number of halogens is 3. The number of unbranched alkanes of at least 4 members (excludes halogenated alkanes) is 3. The van der Waals surface area contributed by atoms with Gasteiger partial charge in [0.1, 0.15) is 5.75 Å². The van der Waals surface area contributed by atoms with Crippen molar-refractivity contribution in [2.45, 2.75) is 77.0 Å². The van der Waals surface area contributed by atoms with Gasteiger partial charge in [0.15, 0.2) is 0 Å². The van der Waals surface area contributed by atoms with Crippen LogP contribution >= 0.6 is 0 Å². The molecule has 1 nitrogen and oxygen atoms in total. The molecule has 3 rings (SSSR count). The predicted octanol–water partition coefficient (Wildman–Crippen LogP) is 8.50. The Morgan fingerprint density at radius 1 is 0.793 bits per heavy atom. The Bertz CT molecular complexity index is 726. The fraction of sp³-hybridized carbons (Fsp3) is 0.520. The Morgan fingerprint density at radius 2 is 1.38 bits per heavy atom. The normalized spacial score (nSPS) is 19.9. The molecule has 0 spiro atoms. The summed E-state index contributed by atoms with van der Waals surface area (Å²) in [7, 11) is 0. The highest BCUT2D eigenvalue weighted by molar-refractivity contribution is 5.64. The molecule has 0 aliphatic heterocycles. The van der Waals surface area contributed by atoms with Crippen LogP contribution in [0.25, 0.3) is 11.1 Å². The standard InChI is InChI=1S/C25H31F3O/c1-2-3-4-5-6-19-7-9-20(10-8-19)21-11-13-22(14-12-21)23-15-17-24(18-16-23)29-25(26,27)28/h11-20H,2-10H2,1H3/t19-,20-. The lowest BCUT2D eigenvalue weighted by Gasteiger charge is -2.29. The smallest absolute Gasteiger partial charge is 0.406 e. The molecule has 1 fully saturated rings. The van der Waals surface area contributed by atoms with Crippen molar-refractivity contribution in [3.63, 3.8) is 0 Å². The highest BCUT2D eigenvalue weighted by Gasteiger charge is 2.31. The second kappa shape index (κ2) is 10.2. The third-order valence-corrected chi connectivity index (χ3v) is 6.12. The van der Waals surface area contributed by atoms with Crippen LogP contribution in [-0.2, 0) is 0 Å².